The maximum Gasteiger partial charge on any atom is 0.241 e. The molecule has 0 radical (unpaired) electrons. The average molecular weight is 334 g/mol. The van der Waals surface area contributed by atoms with Crippen LogP contribution in [0.5, 0.6) is 11.6 Å². The molecule has 1 atom stereocenters. The van der Waals surface area contributed by atoms with Gasteiger partial charge in [0.15, 0.2) is 0 Å². The molecule has 25 heavy (non-hydrogen) atoms. The fourth-order valence-electron chi connectivity index (χ4n) is 3.05. The zero-order valence-corrected chi connectivity index (χ0v) is 13.7. The molecule has 0 bridgehead atoms. The lowest BCUT2D eigenvalue weighted by Gasteiger charge is -2.32. The molecule has 1 fully saturated rings. The largest absolute Gasteiger partial charge is 0.436 e. The number of aromatic nitrogens is 5. The molecule has 0 unspecified atom stereocenters. The van der Waals surface area contributed by atoms with Crippen LogP contribution in [-0.2, 0) is 0 Å². The molecule has 4 heterocycles. The summed E-state index contributed by atoms with van der Waals surface area (Å²) in [5.41, 5.74) is 0.868. The van der Waals surface area contributed by atoms with Crippen molar-refractivity contribution in [2.24, 2.45) is 0 Å². The number of hydrogen-bond acceptors (Lipinski definition) is 7. The van der Waals surface area contributed by atoms with E-state index in [1.165, 1.54) is 0 Å². The first-order valence-electron chi connectivity index (χ1n) is 8.31. The minimum atomic E-state index is 0.220. The van der Waals surface area contributed by atoms with Gasteiger partial charge in [-0.15, -0.1) is 0 Å². The second kappa shape index (κ2) is 7.21. The molecule has 1 aliphatic heterocycles. The first-order valence-corrected chi connectivity index (χ1v) is 8.31. The third-order valence-corrected chi connectivity index (χ3v) is 4.18. The van der Waals surface area contributed by atoms with Crippen molar-refractivity contribution in [3.05, 3.63) is 61.1 Å². The lowest BCUT2D eigenvalue weighted by molar-refractivity contribution is 0.424. The Labute approximate surface area is 145 Å². The van der Waals surface area contributed by atoms with Gasteiger partial charge >= 0.3 is 0 Å². The van der Waals surface area contributed by atoms with Gasteiger partial charge in [-0.25, -0.2) is 15.0 Å². The van der Waals surface area contributed by atoms with Crippen LogP contribution in [-0.4, -0.2) is 38.0 Å². The Kier molecular flexibility index (Phi) is 4.45. The highest BCUT2D eigenvalue weighted by Gasteiger charge is 2.27. The van der Waals surface area contributed by atoms with Crippen LogP contribution in [0, 0.1) is 0 Å². The number of ether oxygens (including phenoxy) is 1. The highest BCUT2D eigenvalue weighted by Crippen LogP contribution is 2.33. The quantitative estimate of drug-likeness (QED) is 0.726. The number of piperidine rings is 1. The summed E-state index contributed by atoms with van der Waals surface area (Å²) in [5.74, 6) is 2.17. The predicted molar refractivity (Wildman–Crippen MR) is 92.6 cm³/mol. The molecule has 0 spiro atoms. The van der Waals surface area contributed by atoms with Crippen LogP contribution in [0.15, 0.2) is 55.4 Å². The van der Waals surface area contributed by atoms with E-state index in [1.807, 2.05) is 18.2 Å². The van der Waals surface area contributed by atoms with Gasteiger partial charge in [0.25, 0.3) is 0 Å². The van der Waals surface area contributed by atoms with Crippen molar-refractivity contribution >= 4 is 5.95 Å². The van der Waals surface area contributed by atoms with Crippen molar-refractivity contribution < 1.29 is 4.74 Å². The first kappa shape index (κ1) is 15.4. The number of rotatable bonds is 4. The van der Waals surface area contributed by atoms with Gasteiger partial charge in [-0.1, -0.05) is 0 Å². The minimum Gasteiger partial charge on any atom is -0.436 e. The Hall–Kier alpha value is -3.09. The van der Waals surface area contributed by atoms with E-state index in [4.69, 9.17) is 4.74 Å². The second-order valence-electron chi connectivity index (χ2n) is 5.87. The molecule has 0 amide bonds. The Morgan fingerprint density at radius 3 is 2.68 bits per heavy atom. The monoisotopic (exact) mass is 334 g/mol. The van der Waals surface area contributed by atoms with Gasteiger partial charge < -0.3 is 9.64 Å². The molecule has 1 aliphatic rings. The summed E-state index contributed by atoms with van der Waals surface area (Å²) in [6, 6.07) is 5.52. The highest BCUT2D eigenvalue weighted by atomic mass is 16.5. The average Bonchev–Trinajstić information content (AvgIpc) is 2.70. The van der Waals surface area contributed by atoms with Crippen LogP contribution in [0.2, 0.25) is 0 Å². The van der Waals surface area contributed by atoms with Crippen molar-refractivity contribution in [2.45, 2.75) is 18.8 Å². The molecule has 1 saturated heterocycles. The normalized spacial score (nSPS) is 17.3. The Morgan fingerprint density at radius 1 is 0.960 bits per heavy atom. The number of hydrogen-bond donors (Lipinski definition) is 0. The van der Waals surface area contributed by atoms with Gasteiger partial charge in [-0.05, 0) is 31.0 Å². The molecule has 3 aromatic rings. The molecule has 0 saturated carbocycles. The molecule has 0 N–H and O–H groups in total. The van der Waals surface area contributed by atoms with E-state index in [0.29, 0.717) is 11.6 Å². The molecule has 7 heteroatoms. The lowest BCUT2D eigenvalue weighted by atomic mass is 9.95. The van der Waals surface area contributed by atoms with Crippen LogP contribution >= 0.6 is 0 Å². The third-order valence-electron chi connectivity index (χ3n) is 4.18. The van der Waals surface area contributed by atoms with Crippen LogP contribution in [0.1, 0.15) is 24.5 Å². The molecular formula is C18H18N6O. The lowest BCUT2D eigenvalue weighted by Crippen LogP contribution is -2.36. The van der Waals surface area contributed by atoms with E-state index >= 15 is 0 Å². The second-order valence-corrected chi connectivity index (χ2v) is 5.87. The fraction of sp³-hybridized carbons (Fsp3) is 0.278. The maximum absolute atomic E-state index is 5.92. The van der Waals surface area contributed by atoms with E-state index in [2.05, 4.69) is 29.8 Å². The van der Waals surface area contributed by atoms with E-state index in [1.54, 1.807) is 37.2 Å². The molecule has 7 nitrogen and oxygen atoms in total. The first-order chi connectivity index (χ1) is 12.4. The summed E-state index contributed by atoms with van der Waals surface area (Å²) >= 11 is 0. The Balaban J connectivity index is 1.57. The topological polar surface area (TPSA) is 76.9 Å². The maximum atomic E-state index is 5.92. The third kappa shape index (κ3) is 3.55. The number of nitrogens with zero attached hydrogens (tertiary/aromatic N) is 6. The van der Waals surface area contributed by atoms with E-state index < -0.39 is 0 Å². The molecule has 0 aliphatic carbocycles. The van der Waals surface area contributed by atoms with Gasteiger partial charge in [-0.2, -0.15) is 0 Å². The zero-order chi connectivity index (χ0) is 16.9. The predicted octanol–water partition coefficient (Wildman–Crippen LogP) is 2.84. The van der Waals surface area contributed by atoms with E-state index in [-0.39, 0.29) is 5.92 Å². The van der Waals surface area contributed by atoms with Crippen molar-refractivity contribution in [3.63, 3.8) is 0 Å². The van der Waals surface area contributed by atoms with E-state index in [0.717, 1.165) is 37.6 Å². The van der Waals surface area contributed by atoms with Crippen molar-refractivity contribution in [3.8, 4) is 11.6 Å². The summed E-state index contributed by atoms with van der Waals surface area (Å²) in [6.45, 7) is 1.74. The number of pyridine rings is 1. The summed E-state index contributed by atoms with van der Waals surface area (Å²) in [6.07, 6.45) is 12.4. The van der Waals surface area contributed by atoms with Crippen molar-refractivity contribution in [1.82, 2.24) is 24.9 Å². The molecule has 3 aromatic heterocycles. The number of anilines is 1. The van der Waals surface area contributed by atoms with Crippen LogP contribution in [0.25, 0.3) is 0 Å². The summed E-state index contributed by atoms with van der Waals surface area (Å²) in [5, 5.41) is 0. The SMILES string of the molecule is c1cnc(N2CCC[C@H](c3nccnc3Oc3cccnc3)C2)nc1. The Bertz CT molecular complexity index is 814. The molecule has 126 valence electrons. The van der Waals surface area contributed by atoms with Gasteiger partial charge in [0.2, 0.25) is 11.8 Å². The summed E-state index contributed by atoms with van der Waals surface area (Å²) in [7, 11) is 0. The molecule has 0 aromatic carbocycles. The molecular weight excluding hydrogens is 316 g/mol. The summed E-state index contributed by atoms with van der Waals surface area (Å²) in [4.78, 5) is 23.9. The smallest absolute Gasteiger partial charge is 0.241 e. The van der Waals surface area contributed by atoms with Gasteiger partial charge in [0.1, 0.15) is 11.4 Å². The van der Waals surface area contributed by atoms with Gasteiger partial charge in [-0.3, -0.25) is 9.97 Å². The van der Waals surface area contributed by atoms with Gasteiger partial charge in [0, 0.05) is 50.0 Å². The fourth-order valence-corrected chi connectivity index (χ4v) is 3.05. The van der Waals surface area contributed by atoms with Crippen LogP contribution < -0.4 is 9.64 Å². The van der Waals surface area contributed by atoms with Crippen LogP contribution in [0.4, 0.5) is 5.95 Å². The van der Waals surface area contributed by atoms with Crippen LogP contribution in [0.3, 0.4) is 0 Å². The van der Waals surface area contributed by atoms with Crippen molar-refractivity contribution in [2.75, 3.05) is 18.0 Å². The highest BCUT2D eigenvalue weighted by molar-refractivity contribution is 5.34. The van der Waals surface area contributed by atoms with E-state index in [9.17, 15) is 0 Å². The molecule has 4 rings (SSSR count). The standard InChI is InChI=1S/C18H18N6O/c1-5-15(12-19-6-1)25-17-16(20-9-10-21-17)14-4-2-11-24(13-14)18-22-7-3-8-23-18/h1,3,5-10,12,14H,2,4,11,13H2/t14-/m0/s1. The van der Waals surface area contributed by atoms with Gasteiger partial charge in [0.05, 0.1) is 6.20 Å². The Morgan fingerprint density at radius 2 is 1.84 bits per heavy atom. The summed E-state index contributed by atoms with van der Waals surface area (Å²) < 4.78 is 5.92. The minimum absolute atomic E-state index is 0.220. The van der Waals surface area contributed by atoms with Crippen molar-refractivity contribution in [1.29, 1.82) is 0 Å². The zero-order valence-electron chi connectivity index (χ0n) is 13.7.